The molecule has 2 heteroatoms. The number of allylic oxidation sites excluding steroid dienone is 1. The maximum Gasteiger partial charge on any atom is 0.0675 e. The van der Waals surface area contributed by atoms with E-state index in [9.17, 15) is 10.2 Å². The van der Waals surface area contributed by atoms with Crippen molar-refractivity contribution in [3.63, 3.8) is 0 Å². The monoisotopic (exact) mass is 307 g/mol. The molecule has 2 nitrogen and oxygen atoms in total. The zero-order chi connectivity index (χ0) is 18.3. The van der Waals surface area contributed by atoms with Crippen molar-refractivity contribution < 1.29 is 14.3 Å². The van der Waals surface area contributed by atoms with E-state index < -0.39 is 17.9 Å². The van der Waals surface area contributed by atoms with Crippen LogP contribution in [-0.4, -0.2) is 21.9 Å². The zero-order valence-corrected chi connectivity index (χ0v) is 13.9. The first-order chi connectivity index (χ1) is 11.5. The molecule has 22 heavy (non-hydrogen) atoms. The Morgan fingerprint density at radius 1 is 1.14 bits per heavy atom. The molecular weight excluding hydrogens is 272 g/mol. The molecule has 0 aromatic carbocycles. The molecule has 0 aromatic rings. The van der Waals surface area contributed by atoms with Gasteiger partial charge in [-0.15, -0.1) is 0 Å². The topological polar surface area (TPSA) is 40.5 Å². The molecule has 0 heterocycles. The third-order valence-corrected chi connectivity index (χ3v) is 8.23. The van der Waals surface area contributed by atoms with Crippen molar-refractivity contribution in [3.8, 4) is 0 Å². The second kappa shape index (κ2) is 4.60. The first-order valence-corrected chi connectivity index (χ1v) is 9.13. The van der Waals surface area contributed by atoms with Gasteiger partial charge in [-0.3, -0.25) is 0 Å². The summed E-state index contributed by atoms with van der Waals surface area (Å²) in [4.78, 5) is 0. The Labute approximate surface area is 139 Å². The fourth-order valence-electron chi connectivity index (χ4n) is 6.66. The van der Waals surface area contributed by atoms with Gasteiger partial charge in [-0.05, 0) is 86.8 Å². The SMILES string of the molecule is [2H]C([2H])([2H])[C@]1(O)CC[C@H]2[C@@H]3CC=C4C[C@@H](O)CC[C@]4(C)[C@H]3CC[C@@]21C. The molecule has 2 N–H and O–H groups in total. The summed E-state index contributed by atoms with van der Waals surface area (Å²) in [5.74, 6) is 1.33. The second-order valence-electron chi connectivity index (χ2n) is 9.01. The molecule has 3 saturated carbocycles. The predicted molar refractivity (Wildman–Crippen MR) is 88.3 cm³/mol. The van der Waals surface area contributed by atoms with E-state index in [4.69, 9.17) is 4.11 Å². The van der Waals surface area contributed by atoms with Gasteiger partial charge in [-0.25, -0.2) is 0 Å². The van der Waals surface area contributed by atoms with Crippen LogP contribution < -0.4 is 0 Å². The molecule has 0 radical (unpaired) electrons. The van der Waals surface area contributed by atoms with E-state index in [1.165, 1.54) is 5.57 Å². The first kappa shape index (κ1) is 12.1. The lowest BCUT2D eigenvalue weighted by Crippen LogP contribution is -2.53. The molecule has 0 unspecified atom stereocenters. The third kappa shape index (κ3) is 1.80. The fraction of sp³-hybridized carbons (Fsp3) is 0.900. The van der Waals surface area contributed by atoms with Crippen molar-refractivity contribution in [2.24, 2.45) is 28.6 Å². The zero-order valence-electron chi connectivity index (χ0n) is 16.9. The lowest BCUT2D eigenvalue weighted by Gasteiger charge is -2.58. The van der Waals surface area contributed by atoms with E-state index in [1.54, 1.807) is 0 Å². The summed E-state index contributed by atoms with van der Waals surface area (Å²) in [6.07, 6.45) is 8.89. The van der Waals surface area contributed by atoms with Crippen LogP contribution in [0.3, 0.4) is 0 Å². The molecule has 124 valence electrons. The third-order valence-electron chi connectivity index (χ3n) is 8.23. The molecule has 0 aromatic heterocycles. The highest BCUT2D eigenvalue weighted by atomic mass is 16.3. The minimum Gasteiger partial charge on any atom is -0.393 e. The summed E-state index contributed by atoms with van der Waals surface area (Å²) in [6.45, 7) is 2.10. The van der Waals surface area contributed by atoms with Gasteiger partial charge in [0, 0.05) is 4.11 Å². The number of fused-ring (bicyclic) bond motifs is 5. The summed E-state index contributed by atoms with van der Waals surface area (Å²) in [5, 5.41) is 21.3. The Bertz CT molecular complexity index is 600. The molecule has 0 spiro atoms. The van der Waals surface area contributed by atoms with Crippen LogP contribution in [0.2, 0.25) is 0 Å². The van der Waals surface area contributed by atoms with Crippen molar-refractivity contribution in [2.45, 2.75) is 83.8 Å². The Kier molecular flexibility index (Phi) is 2.53. The Morgan fingerprint density at radius 3 is 2.68 bits per heavy atom. The highest BCUT2D eigenvalue weighted by Gasteiger charge is 2.61. The highest BCUT2D eigenvalue weighted by molar-refractivity contribution is 5.26. The van der Waals surface area contributed by atoms with Crippen LogP contribution in [-0.2, 0) is 0 Å². The Hall–Kier alpha value is -0.340. The van der Waals surface area contributed by atoms with Crippen molar-refractivity contribution >= 4 is 0 Å². The van der Waals surface area contributed by atoms with Gasteiger partial charge in [0.2, 0.25) is 0 Å². The molecular formula is C20H32O2. The van der Waals surface area contributed by atoms with Crippen molar-refractivity contribution in [2.75, 3.05) is 0 Å². The molecule has 7 atom stereocenters. The lowest BCUT2D eigenvalue weighted by atomic mass is 9.47. The van der Waals surface area contributed by atoms with Gasteiger partial charge in [0.15, 0.2) is 0 Å². The number of hydrogen-bond acceptors (Lipinski definition) is 2. The van der Waals surface area contributed by atoms with Crippen molar-refractivity contribution in [1.82, 2.24) is 0 Å². The Balaban J connectivity index is 1.69. The van der Waals surface area contributed by atoms with Crippen LogP contribution in [0.1, 0.15) is 76.2 Å². The van der Waals surface area contributed by atoms with E-state index in [-0.39, 0.29) is 17.4 Å². The fourth-order valence-corrected chi connectivity index (χ4v) is 6.66. The van der Waals surface area contributed by atoms with Crippen LogP contribution in [0.15, 0.2) is 11.6 Å². The smallest absolute Gasteiger partial charge is 0.0675 e. The molecule has 0 amide bonds. The van der Waals surface area contributed by atoms with Crippen molar-refractivity contribution in [3.05, 3.63) is 11.6 Å². The predicted octanol–water partition coefficient (Wildman–Crippen LogP) is 4.06. The van der Waals surface area contributed by atoms with E-state index in [0.29, 0.717) is 18.3 Å². The van der Waals surface area contributed by atoms with E-state index in [2.05, 4.69) is 13.0 Å². The van der Waals surface area contributed by atoms with Crippen LogP contribution in [0, 0.1) is 28.6 Å². The normalized spacial score (nSPS) is 60.2. The van der Waals surface area contributed by atoms with Gasteiger partial charge in [-0.2, -0.15) is 0 Å². The minimum absolute atomic E-state index is 0.157. The summed E-state index contributed by atoms with van der Waals surface area (Å²) in [5.41, 5.74) is -0.455. The number of aliphatic hydroxyl groups is 2. The van der Waals surface area contributed by atoms with E-state index >= 15 is 0 Å². The molecule has 4 aliphatic rings. The van der Waals surface area contributed by atoms with E-state index in [1.807, 2.05) is 6.92 Å². The average molecular weight is 307 g/mol. The van der Waals surface area contributed by atoms with E-state index in [0.717, 1.165) is 44.9 Å². The summed E-state index contributed by atoms with van der Waals surface area (Å²) >= 11 is 0. The molecule has 3 fully saturated rings. The Morgan fingerprint density at radius 2 is 1.91 bits per heavy atom. The van der Waals surface area contributed by atoms with Gasteiger partial charge < -0.3 is 10.2 Å². The molecule has 0 bridgehead atoms. The molecule has 0 saturated heterocycles. The lowest BCUT2D eigenvalue weighted by molar-refractivity contribution is -0.115. The van der Waals surface area contributed by atoms with Crippen LogP contribution in [0.25, 0.3) is 0 Å². The first-order valence-electron chi connectivity index (χ1n) is 10.6. The minimum atomic E-state index is -2.31. The van der Waals surface area contributed by atoms with Gasteiger partial charge in [0.25, 0.3) is 0 Å². The van der Waals surface area contributed by atoms with Gasteiger partial charge in [0.05, 0.1) is 11.7 Å². The molecule has 0 aliphatic heterocycles. The standard InChI is InChI=1S/C20H32O2/c1-18-9-6-14(21)12-13(18)4-5-15-16(18)7-10-19(2)17(15)8-11-20(19,3)22/h4,14-17,21-22H,5-12H2,1-3H3/t14-,15+,16-,17-,18-,19-,20-/m0/s1/i3D3. The molecule has 4 aliphatic carbocycles. The number of aliphatic hydroxyl groups excluding tert-OH is 1. The summed E-state index contributed by atoms with van der Waals surface area (Å²) < 4.78 is 23.9. The van der Waals surface area contributed by atoms with Gasteiger partial charge >= 0.3 is 0 Å². The average Bonchev–Trinajstić information content (AvgIpc) is 2.81. The summed E-state index contributed by atoms with van der Waals surface area (Å²) in [7, 11) is 0. The maximum absolute atomic E-state index is 11.2. The van der Waals surface area contributed by atoms with Crippen molar-refractivity contribution in [1.29, 1.82) is 0 Å². The second-order valence-corrected chi connectivity index (χ2v) is 9.01. The number of rotatable bonds is 0. The van der Waals surface area contributed by atoms with Gasteiger partial charge in [0.1, 0.15) is 0 Å². The van der Waals surface area contributed by atoms with Crippen LogP contribution in [0.4, 0.5) is 0 Å². The molecule has 4 rings (SSSR count). The number of hydrogen-bond donors (Lipinski definition) is 2. The largest absolute Gasteiger partial charge is 0.393 e. The van der Waals surface area contributed by atoms with Crippen LogP contribution >= 0.6 is 0 Å². The highest BCUT2D eigenvalue weighted by Crippen LogP contribution is 2.66. The summed E-state index contributed by atoms with van der Waals surface area (Å²) in [6, 6.07) is 0. The van der Waals surface area contributed by atoms with Gasteiger partial charge in [-0.1, -0.05) is 25.5 Å². The maximum atomic E-state index is 11.2. The quantitative estimate of drug-likeness (QED) is 0.663. The van der Waals surface area contributed by atoms with Crippen LogP contribution in [0.5, 0.6) is 0 Å².